The van der Waals surface area contributed by atoms with Crippen molar-refractivity contribution in [1.82, 2.24) is 10.3 Å². The Kier molecular flexibility index (Phi) is 7.15. The molecule has 0 saturated heterocycles. The second kappa shape index (κ2) is 10.3. The predicted molar refractivity (Wildman–Crippen MR) is 129 cm³/mol. The van der Waals surface area contributed by atoms with Crippen molar-refractivity contribution in [3.8, 4) is 17.6 Å². The van der Waals surface area contributed by atoms with Gasteiger partial charge in [-0.3, -0.25) is 0 Å². The number of amides is 1. The molecule has 0 unspecified atom stereocenters. The van der Waals surface area contributed by atoms with Gasteiger partial charge in [-0.1, -0.05) is 12.8 Å². The lowest BCUT2D eigenvalue weighted by Gasteiger charge is -2.33. The topological polar surface area (TPSA) is 118 Å². The molecule has 9 nitrogen and oxygen atoms in total. The standard InChI is InChI=1S/C25H30FN5O4/c1-25(2,3)35-24(32)30-19-7-5-4-6-18(19)29-23-17(26)12-15(14-27)22(31-23)28-16-8-9-20-21(13-16)34-11-10-33-20/h8-9,12-13,18-19H,4-7,10-11H2,1-3H3,(H,30,32)(H2,28,29,31)/t18-,19+/m1/s1. The van der Waals surface area contributed by atoms with Gasteiger partial charge in [-0.25, -0.2) is 14.2 Å². The molecule has 1 aromatic heterocycles. The minimum atomic E-state index is -0.643. The van der Waals surface area contributed by atoms with Gasteiger partial charge in [-0.2, -0.15) is 5.26 Å². The van der Waals surface area contributed by atoms with Gasteiger partial charge >= 0.3 is 6.09 Å². The smallest absolute Gasteiger partial charge is 0.407 e. The van der Waals surface area contributed by atoms with Crippen molar-refractivity contribution in [2.75, 3.05) is 23.8 Å². The van der Waals surface area contributed by atoms with E-state index in [0.717, 1.165) is 31.7 Å². The number of ether oxygens (including phenoxy) is 3. The van der Waals surface area contributed by atoms with Crippen LogP contribution in [0, 0.1) is 17.1 Å². The number of hydrogen-bond acceptors (Lipinski definition) is 8. The Morgan fingerprint density at radius 3 is 2.54 bits per heavy atom. The highest BCUT2D eigenvalue weighted by atomic mass is 19.1. The van der Waals surface area contributed by atoms with Crippen LogP contribution in [-0.2, 0) is 4.74 Å². The number of alkyl carbamates (subject to hydrolysis) is 1. The van der Waals surface area contributed by atoms with Crippen LogP contribution in [0.25, 0.3) is 0 Å². The van der Waals surface area contributed by atoms with Gasteiger partial charge in [0.1, 0.15) is 24.9 Å². The molecular formula is C25H30FN5O4. The van der Waals surface area contributed by atoms with Crippen molar-refractivity contribution in [3.63, 3.8) is 0 Å². The molecule has 2 heterocycles. The van der Waals surface area contributed by atoms with Crippen LogP contribution in [0.5, 0.6) is 11.5 Å². The number of nitrogens with zero attached hydrogens (tertiary/aromatic N) is 2. The second-order valence-corrected chi connectivity index (χ2v) is 9.60. The summed E-state index contributed by atoms with van der Waals surface area (Å²) in [5, 5.41) is 18.7. The molecule has 2 aliphatic rings. The van der Waals surface area contributed by atoms with Crippen LogP contribution in [0.3, 0.4) is 0 Å². The summed E-state index contributed by atoms with van der Waals surface area (Å²) in [6.45, 7) is 6.33. The number of aromatic nitrogens is 1. The van der Waals surface area contributed by atoms with E-state index in [2.05, 4.69) is 20.9 Å². The van der Waals surface area contributed by atoms with E-state index in [-0.39, 0.29) is 29.3 Å². The minimum absolute atomic E-state index is 0.00642. The molecule has 0 radical (unpaired) electrons. The van der Waals surface area contributed by atoms with Gasteiger partial charge in [0, 0.05) is 17.8 Å². The van der Waals surface area contributed by atoms with Gasteiger partial charge in [-0.15, -0.1) is 0 Å². The number of fused-ring (bicyclic) bond motifs is 1. The van der Waals surface area contributed by atoms with E-state index in [1.807, 2.05) is 6.07 Å². The number of rotatable bonds is 5. The van der Waals surface area contributed by atoms with Gasteiger partial charge in [-0.05, 0) is 51.8 Å². The fraction of sp³-hybridized carbons (Fsp3) is 0.480. The molecule has 1 aliphatic carbocycles. The summed E-state index contributed by atoms with van der Waals surface area (Å²) >= 11 is 0. The maximum absolute atomic E-state index is 14.9. The van der Waals surface area contributed by atoms with Gasteiger partial charge < -0.3 is 30.2 Å². The molecule has 1 fully saturated rings. The van der Waals surface area contributed by atoms with E-state index in [1.165, 1.54) is 0 Å². The first-order valence-corrected chi connectivity index (χ1v) is 11.8. The van der Waals surface area contributed by atoms with Crippen LogP contribution < -0.4 is 25.4 Å². The first-order valence-electron chi connectivity index (χ1n) is 11.8. The quantitative estimate of drug-likeness (QED) is 0.552. The van der Waals surface area contributed by atoms with E-state index in [9.17, 15) is 14.4 Å². The third kappa shape index (κ3) is 6.23. The Bertz CT molecular complexity index is 1130. The molecule has 2 atom stereocenters. The number of nitriles is 1. The number of hydrogen-bond donors (Lipinski definition) is 3. The van der Waals surface area contributed by atoms with Gasteiger partial charge in [0.25, 0.3) is 0 Å². The summed E-state index contributed by atoms with van der Waals surface area (Å²) in [7, 11) is 0. The molecule has 0 bridgehead atoms. The molecule has 1 aromatic carbocycles. The number of carbonyl (C=O) groups excluding carboxylic acids is 1. The highest BCUT2D eigenvalue weighted by Gasteiger charge is 2.29. The average molecular weight is 484 g/mol. The molecule has 1 amide bonds. The zero-order valence-corrected chi connectivity index (χ0v) is 20.1. The fourth-order valence-electron chi connectivity index (χ4n) is 4.14. The Labute approximate surface area is 204 Å². The maximum Gasteiger partial charge on any atom is 0.407 e. The van der Waals surface area contributed by atoms with Crippen molar-refractivity contribution < 1.29 is 23.4 Å². The SMILES string of the molecule is CC(C)(C)OC(=O)N[C@H]1CCCC[C@H]1Nc1nc(Nc2ccc3c(c2)OCCO3)c(C#N)cc1F. The number of carbonyl (C=O) groups is 1. The van der Waals surface area contributed by atoms with Gasteiger partial charge in [0.15, 0.2) is 29.0 Å². The summed E-state index contributed by atoms with van der Waals surface area (Å²) in [6.07, 6.45) is 2.83. The normalized spacial score (nSPS) is 19.3. The monoisotopic (exact) mass is 483 g/mol. The van der Waals surface area contributed by atoms with Gasteiger partial charge in [0.2, 0.25) is 0 Å². The molecular weight excluding hydrogens is 453 g/mol. The summed E-state index contributed by atoms with van der Waals surface area (Å²) in [5.41, 5.74) is 0.0737. The highest BCUT2D eigenvalue weighted by Crippen LogP contribution is 2.34. The van der Waals surface area contributed by atoms with Crippen molar-refractivity contribution in [3.05, 3.63) is 35.6 Å². The Morgan fingerprint density at radius 2 is 1.83 bits per heavy atom. The number of pyridine rings is 1. The number of benzene rings is 1. The summed E-state index contributed by atoms with van der Waals surface area (Å²) in [5.74, 6) is 0.791. The fourth-order valence-corrected chi connectivity index (χ4v) is 4.14. The molecule has 4 rings (SSSR count). The van der Waals surface area contributed by atoms with Crippen LogP contribution in [0.1, 0.15) is 52.0 Å². The van der Waals surface area contributed by atoms with Crippen LogP contribution in [0.15, 0.2) is 24.3 Å². The van der Waals surface area contributed by atoms with Crippen LogP contribution in [0.4, 0.5) is 26.5 Å². The first-order chi connectivity index (χ1) is 16.7. The summed E-state index contributed by atoms with van der Waals surface area (Å²) < 4.78 is 31.4. The molecule has 2 aromatic rings. The number of halogens is 1. The molecule has 186 valence electrons. The van der Waals surface area contributed by atoms with Crippen LogP contribution >= 0.6 is 0 Å². The molecule has 1 saturated carbocycles. The number of nitrogens with one attached hydrogen (secondary N) is 3. The van der Waals surface area contributed by atoms with E-state index >= 15 is 0 Å². The predicted octanol–water partition coefficient (Wildman–Crippen LogP) is 4.85. The summed E-state index contributed by atoms with van der Waals surface area (Å²) in [4.78, 5) is 16.7. The van der Waals surface area contributed by atoms with Crippen molar-refractivity contribution >= 4 is 23.4 Å². The van der Waals surface area contributed by atoms with Crippen LogP contribution in [-0.4, -0.2) is 42.0 Å². The lowest BCUT2D eigenvalue weighted by Crippen LogP contribution is -2.50. The van der Waals surface area contributed by atoms with E-state index in [0.29, 0.717) is 30.4 Å². The molecule has 3 N–H and O–H groups in total. The van der Waals surface area contributed by atoms with Gasteiger partial charge in [0.05, 0.1) is 11.6 Å². The molecule has 0 spiro atoms. The lowest BCUT2D eigenvalue weighted by atomic mass is 9.90. The maximum atomic E-state index is 14.9. The van der Waals surface area contributed by atoms with Crippen LogP contribution in [0.2, 0.25) is 0 Å². The zero-order chi connectivity index (χ0) is 25.0. The second-order valence-electron chi connectivity index (χ2n) is 9.60. The van der Waals surface area contributed by atoms with Crippen molar-refractivity contribution in [2.24, 2.45) is 0 Å². The third-order valence-electron chi connectivity index (χ3n) is 5.69. The Hall–Kier alpha value is -3.74. The van der Waals surface area contributed by atoms with E-state index in [1.54, 1.807) is 39.0 Å². The third-order valence-corrected chi connectivity index (χ3v) is 5.69. The highest BCUT2D eigenvalue weighted by molar-refractivity contribution is 5.69. The molecule has 10 heteroatoms. The van der Waals surface area contributed by atoms with Crippen molar-refractivity contribution in [1.29, 1.82) is 5.26 Å². The molecule has 1 aliphatic heterocycles. The largest absolute Gasteiger partial charge is 0.486 e. The first kappa shape index (κ1) is 24.4. The summed E-state index contributed by atoms with van der Waals surface area (Å²) in [6, 6.07) is 7.93. The molecule has 35 heavy (non-hydrogen) atoms. The lowest BCUT2D eigenvalue weighted by molar-refractivity contribution is 0.0488. The van der Waals surface area contributed by atoms with Crippen molar-refractivity contribution in [2.45, 2.75) is 64.1 Å². The Balaban J connectivity index is 1.53. The number of anilines is 3. The average Bonchev–Trinajstić information content (AvgIpc) is 2.81. The Morgan fingerprint density at radius 1 is 1.11 bits per heavy atom. The van der Waals surface area contributed by atoms with E-state index < -0.39 is 17.5 Å². The minimum Gasteiger partial charge on any atom is -0.486 e. The zero-order valence-electron chi connectivity index (χ0n) is 20.1. The van der Waals surface area contributed by atoms with E-state index in [4.69, 9.17) is 14.2 Å².